The number of allylic oxidation sites excluding steroid dienone is 2. The summed E-state index contributed by atoms with van der Waals surface area (Å²) in [5.74, 6) is -0.193. The fourth-order valence-corrected chi connectivity index (χ4v) is 4.91. The van der Waals surface area contributed by atoms with Gasteiger partial charge in [0.25, 0.3) is 5.91 Å². The molecule has 29 heavy (non-hydrogen) atoms. The Labute approximate surface area is 179 Å². The van der Waals surface area contributed by atoms with Crippen molar-refractivity contribution in [2.45, 2.75) is 32.3 Å². The van der Waals surface area contributed by atoms with Crippen LogP contribution >= 0.6 is 23.4 Å². The van der Waals surface area contributed by atoms with E-state index in [0.717, 1.165) is 24.3 Å². The van der Waals surface area contributed by atoms with Crippen LogP contribution in [0.15, 0.2) is 39.6 Å². The minimum absolute atomic E-state index is 0.193. The third-order valence-electron chi connectivity index (χ3n) is 5.32. The van der Waals surface area contributed by atoms with Crippen LogP contribution in [0.3, 0.4) is 0 Å². The lowest BCUT2D eigenvalue weighted by atomic mass is 10.1. The molecule has 1 N–H and O–H groups in total. The highest BCUT2D eigenvalue weighted by Crippen LogP contribution is 2.33. The summed E-state index contributed by atoms with van der Waals surface area (Å²) in [6, 6.07) is 6.09. The molecule has 1 unspecified atom stereocenters. The molecule has 6 nitrogen and oxygen atoms in total. The Kier molecular flexibility index (Phi) is 6.06. The summed E-state index contributed by atoms with van der Waals surface area (Å²) in [6.45, 7) is 4.93. The van der Waals surface area contributed by atoms with Crippen LogP contribution in [0.1, 0.15) is 24.8 Å². The number of hydrogen-bond donors (Lipinski definition) is 1. The van der Waals surface area contributed by atoms with Gasteiger partial charge in [-0.25, -0.2) is 4.79 Å². The molecule has 3 aliphatic heterocycles. The highest BCUT2D eigenvalue weighted by Gasteiger charge is 2.33. The first-order chi connectivity index (χ1) is 14.0. The Morgan fingerprint density at radius 2 is 2.10 bits per heavy atom. The van der Waals surface area contributed by atoms with E-state index in [1.165, 1.54) is 30.3 Å². The van der Waals surface area contributed by atoms with Crippen molar-refractivity contribution in [3.63, 3.8) is 0 Å². The molecule has 1 aromatic carbocycles. The van der Waals surface area contributed by atoms with E-state index in [4.69, 9.17) is 16.3 Å². The number of cyclic esters (lactones) is 1. The van der Waals surface area contributed by atoms with E-state index in [-0.39, 0.29) is 24.6 Å². The third-order valence-corrected chi connectivity index (χ3v) is 6.64. The molecule has 3 heterocycles. The number of nitrogens with zero attached hydrogens (tertiary/aromatic N) is 2. The van der Waals surface area contributed by atoms with Gasteiger partial charge >= 0.3 is 6.09 Å². The van der Waals surface area contributed by atoms with Gasteiger partial charge in [0, 0.05) is 24.5 Å². The zero-order chi connectivity index (χ0) is 20.4. The molecule has 0 spiro atoms. The van der Waals surface area contributed by atoms with E-state index in [1.807, 2.05) is 24.3 Å². The predicted octanol–water partition coefficient (Wildman–Crippen LogP) is 4.14. The number of thioether (sulfide) groups is 1. The van der Waals surface area contributed by atoms with Gasteiger partial charge in [0.15, 0.2) is 0 Å². The first-order valence-corrected chi connectivity index (χ1v) is 11.1. The van der Waals surface area contributed by atoms with Gasteiger partial charge in [0.1, 0.15) is 6.10 Å². The lowest BCUT2D eigenvalue weighted by molar-refractivity contribution is -0.117. The summed E-state index contributed by atoms with van der Waals surface area (Å²) in [4.78, 5) is 29.3. The molecule has 2 saturated heterocycles. The first kappa shape index (κ1) is 20.2. The van der Waals surface area contributed by atoms with Gasteiger partial charge in [0.05, 0.1) is 22.4 Å². The van der Waals surface area contributed by atoms with E-state index in [0.29, 0.717) is 22.2 Å². The summed E-state index contributed by atoms with van der Waals surface area (Å²) < 4.78 is 6.06. The van der Waals surface area contributed by atoms with Crippen molar-refractivity contribution in [1.29, 1.82) is 0 Å². The van der Waals surface area contributed by atoms with Crippen molar-refractivity contribution < 1.29 is 14.3 Å². The SMILES string of the molecule is Cc1cc(N2CC(CNC(=O)C3=CCC=C(Cl)S3)OC2=O)ccc1N1CCCC1. The van der Waals surface area contributed by atoms with Crippen molar-refractivity contribution in [3.8, 4) is 0 Å². The monoisotopic (exact) mass is 433 g/mol. The number of carbonyl (C=O) groups is 2. The van der Waals surface area contributed by atoms with Crippen molar-refractivity contribution in [2.24, 2.45) is 0 Å². The second-order valence-corrected chi connectivity index (χ2v) is 9.12. The topological polar surface area (TPSA) is 61.9 Å². The van der Waals surface area contributed by atoms with E-state index in [2.05, 4.69) is 23.2 Å². The number of hydrogen-bond acceptors (Lipinski definition) is 5. The Hall–Kier alpha value is -2.12. The largest absolute Gasteiger partial charge is 0.442 e. The van der Waals surface area contributed by atoms with E-state index in [1.54, 1.807) is 4.90 Å². The Morgan fingerprint density at radius 1 is 1.31 bits per heavy atom. The van der Waals surface area contributed by atoms with Crippen LogP contribution in [0.2, 0.25) is 0 Å². The van der Waals surface area contributed by atoms with E-state index >= 15 is 0 Å². The molecule has 0 radical (unpaired) electrons. The lowest BCUT2D eigenvalue weighted by Gasteiger charge is -2.22. The number of ether oxygens (including phenoxy) is 1. The van der Waals surface area contributed by atoms with Crippen LogP contribution in [0.4, 0.5) is 16.2 Å². The minimum atomic E-state index is -0.384. The van der Waals surface area contributed by atoms with Gasteiger partial charge in [0.2, 0.25) is 0 Å². The maximum Gasteiger partial charge on any atom is 0.414 e. The van der Waals surface area contributed by atoms with Gasteiger partial charge in [-0.3, -0.25) is 9.69 Å². The maximum absolute atomic E-state index is 12.4. The summed E-state index contributed by atoms with van der Waals surface area (Å²) >= 11 is 7.22. The average molecular weight is 434 g/mol. The van der Waals surface area contributed by atoms with Gasteiger partial charge < -0.3 is 15.0 Å². The van der Waals surface area contributed by atoms with Gasteiger partial charge in [-0.1, -0.05) is 35.5 Å². The highest BCUT2D eigenvalue weighted by atomic mass is 35.5. The minimum Gasteiger partial charge on any atom is -0.442 e. The first-order valence-electron chi connectivity index (χ1n) is 9.87. The quantitative estimate of drug-likeness (QED) is 0.756. The van der Waals surface area contributed by atoms with Crippen LogP contribution in [0.25, 0.3) is 0 Å². The van der Waals surface area contributed by atoms with Crippen LogP contribution in [-0.2, 0) is 9.53 Å². The molecule has 1 atom stereocenters. The van der Waals surface area contributed by atoms with Crippen molar-refractivity contribution in [3.05, 3.63) is 45.2 Å². The molecule has 0 bridgehead atoms. The standard InChI is InChI=1S/C21H24ClN3O3S/c1-14-11-15(7-8-17(14)24-9-2-3-10-24)25-13-16(28-21(25)27)12-23-20(26)18-5-4-6-19(22)29-18/h5-8,11,16H,2-4,9-10,12-13H2,1H3,(H,23,26). The molecule has 3 aliphatic rings. The number of anilines is 2. The third kappa shape index (κ3) is 4.56. The summed E-state index contributed by atoms with van der Waals surface area (Å²) in [5.41, 5.74) is 3.21. The number of aryl methyl sites for hydroxylation is 1. The molecule has 8 heteroatoms. The Balaban J connectivity index is 1.35. The van der Waals surface area contributed by atoms with Crippen molar-refractivity contribution in [1.82, 2.24) is 5.32 Å². The van der Waals surface area contributed by atoms with Gasteiger partial charge in [-0.05, 0) is 49.9 Å². The Morgan fingerprint density at radius 3 is 2.83 bits per heavy atom. The molecule has 2 fully saturated rings. The van der Waals surface area contributed by atoms with Crippen molar-refractivity contribution in [2.75, 3.05) is 36.0 Å². The molecule has 1 aromatic rings. The smallest absolute Gasteiger partial charge is 0.414 e. The molecular formula is C21H24ClN3O3S. The number of carbonyl (C=O) groups excluding carboxylic acids is 2. The predicted molar refractivity (Wildman–Crippen MR) is 117 cm³/mol. The van der Waals surface area contributed by atoms with Crippen LogP contribution < -0.4 is 15.1 Å². The lowest BCUT2D eigenvalue weighted by Crippen LogP contribution is -2.35. The second-order valence-electron chi connectivity index (χ2n) is 7.41. The summed E-state index contributed by atoms with van der Waals surface area (Å²) in [7, 11) is 0. The molecule has 2 amide bonds. The van der Waals surface area contributed by atoms with Crippen molar-refractivity contribution >= 4 is 46.7 Å². The average Bonchev–Trinajstić information content (AvgIpc) is 3.36. The molecule has 0 saturated carbocycles. The highest BCUT2D eigenvalue weighted by molar-refractivity contribution is 8.09. The number of halogens is 1. The molecule has 0 aromatic heterocycles. The fourth-order valence-electron chi connectivity index (χ4n) is 3.84. The Bertz CT molecular complexity index is 880. The second kappa shape index (κ2) is 8.71. The number of amides is 2. The molecular weight excluding hydrogens is 410 g/mol. The van der Waals surface area contributed by atoms with Crippen LogP contribution in [0.5, 0.6) is 0 Å². The van der Waals surface area contributed by atoms with E-state index in [9.17, 15) is 9.59 Å². The zero-order valence-corrected chi connectivity index (χ0v) is 17.9. The summed E-state index contributed by atoms with van der Waals surface area (Å²) in [6.07, 6.45) is 6.03. The van der Waals surface area contributed by atoms with Crippen LogP contribution in [0, 0.1) is 6.92 Å². The molecule has 0 aliphatic carbocycles. The van der Waals surface area contributed by atoms with Gasteiger partial charge in [-0.15, -0.1) is 0 Å². The zero-order valence-electron chi connectivity index (χ0n) is 16.3. The normalized spacial score (nSPS) is 21.7. The number of rotatable bonds is 5. The fraction of sp³-hybridized carbons (Fsp3) is 0.429. The molecule has 154 valence electrons. The molecule has 4 rings (SSSR count). The van der Waals surface area contributed by atoms with Crippen LogP contribution in [-0.4, -0.2) is 44.3 Å². The number of benzene rings is 1. The number of nitrogens with one attached hydrogen (secondary N) is 1. The van der Waals surface area contributed by atoms with Gasteiger partial charge in [-0.2, -0.15) is 0 Å². The maximum atomic E-state index is 12.4. The summed E-state index contributed by atoms with van der Waals surface area (Å²) in [5, 5.41) is 2.84. The van der Waals surface area contributed by atoms with E-state index < -0.39 is 0 Å².